The van der Waals surface area contributed by atoms with Gasteiger partial charge in [0.15, 0.2) is 0 Å². The van der Waals surface area contributed by atoms with E-state index in [0.717, 1.165) is 5.39 Å². The summed E-state index contributed by atoms with van der Waals surface area (Å²) in [5.41, 5.74) is 0.662. The Hall–Kier alpha value is -0.987. The van der Waals surface area contributed by atoms with Gasteiger partial charge in [0.1, 0.15) is 11.3 Å². The number of fused-ring (bicyclic) bond motifs is 1. The summed E-state index contributed by atoms with van der Waals surface area (Å²) < 4.78 is 0. The van der Waals surface area contributed by atoms with Gasteiger partial charge >= 0.3 is 19.5 Å². The van der Waals surface area contributed by atoms with E-state index in [2.05, 4.69) is 4.98 Å². The third kappa shape index (κ3) is 2.23. The van der Waals surface area contributed by atoms with Crippen LogP contribution in [-0.2, 0) is 25.0 Å². The minimum absolute atomic E-state index is 0. The van der Waals surface area contributed by atoms with Gasteiger partial charge < -0.3 is 10.6 Å². The maximum absolute atomic E-state index is 9.31. The maximum Gasteiger partial charge on any atom is 2.00 e. The molecule has 3 nitrogen and oxygen atoms in total. The van der Waals surface area contributed by atoms with Crippen molar-refractivity contribution >= 4 is 10.9 Å². The zero-order valence-electron chi connectivity index (χ0n) is 6.97. The number of nitrogens with zero attached hydrogens (tertiary/aromatic N) is 1. The fourth-order valence-electron chi connectivity index (χ4n) is 1.09. The van der Waals surface area contributed by atoms with Crippen LogP contribution >= 0.6 is 0 Å². The largest absolute Gasteiger partial charge is 2.00 e. The van der Waals surface area contributed by atoms with Crippen molar-refractivity contribution in [2.75, 3.05) is 0 Å². The van der Waals surface area contributed by atoms with Crippen LogP contribution in [0.4, 0.5) is 0 Å². The Morgan fingerprint density at radius 1 is 1.08 bits per heavy atom. The number of aromatic nitrogens is 1. The topological polar surface area (TPSA) is 61.6 Å². The van der Waals surface area contributed by atoms with E-state index < -0.39 is 0 Å². The predicted molar refractivity (Wildman–Crippen MR) is 44.1 cm³/mol. The summed E-state index contributed by atoms with van der Waals surface area (Å²) in [6, 6.07) is 9.13. The van der Waals surface area contributed by atoms with Gasteiger partial charge in [0.05, 0.1) is 0 Å². The molecule has 0 spiro atoms. The molecule has 0 aliphatic carbocycles. The third-order valence-electron chi connectivity index (χ3n) is 1.61. The molecule has 4 heteroatoms. The maximum atomic E-state index is 9.31. The van der Waals surface area contributed by atoms with Crippen LogP contribution in [0.25, 0.3) is 10.9 Å². The van der Waals surface area contributed by atoms with Gasteiger partial charge in [-0.2, -0.15) is 0 Å². The summed E-state index contributed by atoms with van der Waals surface area (Å²) in [6.45, 7) is 0. The molecule has 1 heterocycles. The fraction of sp³-hybridized carbons (Fsp3) is 0. The van der Waals surface area contributed by atoms with Crippen molar-refractivity contribution < 1.29 is 30.1 Å². The molecule has 0 amide bonds. The molecule has 0 aliphatic rings. The molecule has 0 saturated heterocycles. The molecular formula is C9H7NO2Zn. The van der Waals surface area contributed by atoms with Crippen molar-refractivity contribution in [1.82, 2.24) is 4.98 Å². The monoisotopic (exact) mass is 225 g/mol. The second kappa shape index (κ2) is 4.90. The predicted octanol–water partition coefficient (Wildman–Crippen LogP) is 1.82. The standard InChI is InChI=1S/C9H7NO.O.Zn/c11-8-5-1-3-7-4-2-6-10-9(7)8;;/h1-6,11H;;/q;-2;+2. The Labute approximate surface area is 88.5 Å². The summed E-state index contributed by atoms with van der Waals surface area (Å²) in [7, 11) is 0. The van der Waals surface area contributed by atoms with Gasteiger partial charge in [-0.05, 0) is 12.1 Å². The zero-order chi connectivity index (χ0) is 7.68. The Bertz CT molecular complexity index is 387. The van der Waals surface area contributed by atoms with E-state index in [1.165, 1.54) is 0 Å². The van der Waals surface area contributed by atoms with E-state index in [1.807, 2.05) is 18.2 Å². The van der Waals surface area contributed by atoms with Gasteiger partial charge in [-0.1, -0.05) is 18.2 Å². The van der Waals surface area contributed by atoms with Crippen molar-refractivity contribution in [2.45, 2.75) is 0 Å². The molecule has 2 rings (SSSR count). The number of para-hydroxylation sites is 1. The van der Waals surface area contributed by atoms with Crippen molar-refractivity contribution in [2.24, 2.45) is 0 Å². The van der Waals surface area contributed by atoms with E-state index >= 15 is 0 Å². The van der Waals surface area contributed by atoms with Crippen molar-refractivity contribution in [3.63, 3.8) is 0 Å². The van der Waals surface area contributed by atoms with Gasteiger partial charge in [-0.25, -0.2) is 0 Å². The van der Waals surface area contributed by atoms with Crippen LogP contribution in [0.2, 0.25) is 0 Å². The van der Waals surface area contributed by atoms with Gasteiger partial charge in [0.25, 0.3) is 0 Å². The summed E-state index contributed by atoms with van der Waals surface area (Å²) in [5.74, 6) is 0.239. The number of rotatable bonds is 0. The molecule has 0 atom stereocenters. The number of hydrogen-bond acceptors (Lipinski definition) is 2. The molecule has 1 aromatic carbocycles. The molecule has 13 heavy (non-hydrogen) atoms. The number of hydrogen-bond donors (Lipinski definition) is 1. The normalized spacial score (nSPS) is 8.62. The van der Waals surface area contributed by atoms with E-state index in [1.54, 1.807) is 18.3 Å². The first-order valence-electron chi connectivity index (χ1n) is 3.40. The average Bonchev–Trinajstić information content (AvgIpc) is 2.06. The second-order valence-electron chi connectivity index (χ2n) is 2.35. The van der Waals surface area contributed by atoms with Crippen LogP contribution < -0.4 is 0 Å². The van der Waals surface area contributed by atoms with E-state index in [-0.39, 0.29) is 30.7 Å². The number of aromatic hydroxyl groups is 1. The van der Waals surface area contributed by atoms with Crippen molar-refractivity contribution in [3.05, 3.63) is 36.5 Å². The van der Waals surface area contributed by atoms with Crippen LogP contribution in [-0.4, -0.2) is 10.1 Å². The third-order valence-corrected chi connectivity index (χ3v) is 1.61. The molecule has 0 saturated carbocycles. The fourth-order valence-corrected chi connectivity index (χ4v) is 1.09. The smallest absolute Gasteiger partial charge is 2.00 e. The van der Waals surface area contributed by atoms with Crippen LogP contribution in [0, 0.1) is 0 Å². The van der Waals surface area contributed by atoms with E-state index in [4.69, 9.17) is 0 Å². The molecule has 0 unspecified atom stereocenters. The number of phenols is 1. The van der Waals surface area contributed by atoms with E-state index in [0.29, 0.717) is 5.52 Å². The minimum Gasteiger partial charge on any atom is -2.00 e. The van der Waals surface area contributed by atoms with Crippen molar-refractivity contribution in [1.29, 1.82) is 0 Å². The summed E-state index contributed by atoms with van der Waals surface area (Å²) in [4.78, 5) is 4.03. The van der Waals surface area contributed by atoms with Gasteiger partial charge in [0.2, 0.25) is 0 Å². The Kier molecular flexibility index (Phi) is 4.53. The van der Waals surface area contributed by atoms with Gasteiger partial charge in [-0.3, -0.25) is 4.98 Å². The SMILES string of the molecule is Oc1cccc2cccnc12.[O-2].[Zn+2]. The zero-order valence-corrected chi connectivity index (χ0v) is 9.94. The Morgan fingerprint density at radius 3 is 2.46 bits per heavy atom. The molecule has 62 valence electrons. The molecule has 1 N–H and O–H groups in total. The Balaban J connectivity index is 0.000000720. The molecule has 0 fully saturated rings. The number of phenolic OH excluding ortho intramolecular Hbond substituents is 1. The molecule has 2 aromatic rings. The van der Waals surface area contributed by atoms with Crippen LogP contribution in [0.15, 0.2) is 36.5 Å². The Morgan fingerprint density at radius 2 is 1.77 bits per heavy atom. The van der Waals surface area contributed by atoms with Gasteiger partial charge in [-0.15, -0.1) is 0 Å². The quantitative estimate of drug-likeness (QED) is 0.697. The summed E-state index contributed by atoms with van der Waals surface area (Å²) in [5, 5.41) is 10.3. The number of benzene rings is 1. The summed E-state index contributed by atoms with van der Waals surface area (Å²) >= 11 is 0. The van der Waals surface area contributed by atoms with Crippen LogP contribution in [0.3, 0.4) is 0 Å². The number of pyridine rings is 1. The molecule has 0 aliphatic heterocycles. The first-order valence-corrected chi connectivity index (χ1v) is 3.40. The minimum atomic E-state index is 0. The second-order valence-corrected chi connectivity index (χ2v) is 2.35. The van der Waals surface area contributed by atoms with Crippen LogP contribution in [0.1, 0.15) is 0 Å². The first kappa shape index (κ1) is 12.0. The van der Waals surface area contributed by atoms with Gasteiger partial charge in [0, 0.05) is 11.6 Å². The van der Waals surface area contributed by atoms with E-state index in [9.17, 15) is 5.11 Å². The molecule has 1 aromatic heterocycles. The van der Waals surface area contributed by atoms with Crippen LogP contribution in [0.5, 0.6) is 5.75 Å². The molecule has 0 radical (unpaired) electrons. The molecule has 0 bridgehead atoms. The average molecular weight is 227 g/mol. The van der Waals surface area contributed by atoms with Crippen molar-refractivity contribution in [3.8, 4) is 5.75 Å². The first-order chi connectivity index (χ1) is 5.38. The summed E-state index contributed by atoms with van der Waals surface area (Å²) in [6.07, 6.45) is 1.67. The molecular weight excluding hydrogens is 219 g/mol.